The summed E-state index contributed by atoms with van der Waals surface area (Å²) in [6.45, 7) is 12.9. The van der Waals surface area contributed by atoms with Crippen molar-refractivity contribution in [2.75, 3.05) is 6.54 Å². The van der Waals surface area contributed by atoms with Crippen LogP contribution in [0.25, 0.3) is 21.6 Å². The number of carbonyl (C=O) groups is 4. The molecule has 2 saturated carbocycles. The van der Waals surface area contributed by atoms with E-state index in [1.165, 1.54) is 16.0 Å². The number of aryl methyl sites for hydroxylation is 1. The first-order chi connectivity index (χ1) is 30.8. The number of imidazole rings is 1. The van der Waals surface area contributed by atoms with E-state index < -0.39 is 73.8 Å². The Morgan fingerprint density at radius 1 is 1.06 bits per heavy atom. The summed E-state index contributed by atoms with van der Waals surface area (Å²) in [5.74, 6) is -2.36. The van der Waals surface area contributed by atoms with Gasteiger partial charge in [0.1, 0.15) is 39.9 Å². The number of nitrogens with one attached hydrogen (secondary N) is 3. The minimum atomic E-state index is -4.01. The highest BCUT2D eigenvalue weighted by atomic mass is 32.2. The summed E-state index contributed by atoms with van der Waals surface area (Å²) in [5, 5.41) is 8.61. The average Bonchev–Trinajstić information content (AvgIpc) is 3.92. The molecule has 0 unspecified atom stereocenters. The molecule has 1 saturated heterocycles. The average molecular weight is 934 g/mol. The number of para-hydroxylation sites is 1. The van der Waals surface area contributed by atoms with E-state index >= 15 is 0 Å². The lowest BCUT2D eigenvalue weighted by atomic mass is 10.0. The van der Waals surface area contributed by atoms with Crippen molar-refractivity contribution >= 4 is 56.2 Å². The summed E-state index contributed by atoms with van der Waals surface area (Å²) in [6.07, 6.45) is 7.30. The van der Waals surface area contributed by atoms with Gasteiger partial charge < -0.3 is 25.0 Å². The van der Waals surface area contributed by atoms with E-state index in [-0.39, 0.29) is 29.7 Å². The zero-order valence-corrected chi connectivity index (χ0v) is 39.9. The Balaban J connectivity index is 0.00000288. The van der Waals surface area contributed by atoms with Gasteiger partial charge >= 0.3 is 6.09 Å². The number of thiazole rings is 1. The van der Waals surface area contributed by atoms with Crippen molar-refractivity contribution in [1.82, 2.24) is 34.8 Å². The van der Waals surface area contributed by atoms with Gasteiger partial charge in [-0.2, -0.15) is 4.98 Å². The summed E-state index contributed by atoms with van der Waals surface area (Å²) in [7, 11) is -4.01. The van der Waals surface area contributed by atoms with Gasteiger partial charge in [0.2, 0.25) is 21.8 Å². The second-order valence-electron chi connectivity index (χ2n) is 19.7. The molecule has 8 rings (SSSR count). The van der Waals surface area contributed by atoms with Gasteiger partial charge in [0.25, 0.3) is 11.9 Å². The number of nitrogens with zero attached hydrogens (tertiary/aromatic N) is 4. The van der Waals surface area contributed by atoms with E-state index in [1.807, 2.05) is 48.8 Å². The maximum atomic E-state index is 14.8. The molecule has 4 aliphatic rings. The number of hydrogen-bond acceptors (Lipinski definition) is 11. The van der Waals surface area contributed by atoms with Gasteiger partial charge in [-0.25, -0.2) is 18.2 Å². The fourth-order valence-corrected chi connectivity index (χ4v) is 11.0. The lowest BCUT2D eigenvalue weighted by Crippen LogP contribution is -2.58. The first kappa shape index (κ1) is 46.2. The molecule has 3 N–H and O–H groups in total. The molecule has 0 radical (unpaired) electrons. The van der Waals surface area contributed by atoms with E-state index in [2.05, 4.69) is 51.9 Å². The topological polar surface area (TPSA) is 191 Å². The van der Waals surface area contributed by atoms with E-state index in [9.17, 15) is 27.6 Å². The molecule has 0 spiro atoms. The largest absolute Gasteiger partial charge is 0.459 e. The zero-order valence-electron chi connectivity index (χ0n) is 38.3. The Hall–Kier alpha value is -5.29. The molecule has 5 atom stereocenters. The highest BCUT2D eigenvalue weighted by Crippen LogP contribution is 2.48. The van der Waals surface area contributed by atoms with Crippen molar-refractivity contribution in [3.05, 3.63) is 76.8 Å². The first-order valence-corrected chi connectivity index (χ1v) is 25.2. The monoisotopic (exact) mass is 933 g/mol. The van der Waals surface area contributed by atoms with Crippen LogP contribution in [0.4, 0.5) is 4.79 Å². The van der Waals surface area contributed by atoms with Crippen LogP contribution in [-0.2, 0) is 35.6 Å². The summed E-state index contributed by atoms with van der Waals surface area (Å²) in [4.78, 5) is 68.2. The maximum absolute atomic E-state index is 14.8. The number of carbonyl (C=O) groups excluding carboxylic acids is 4. The molecule has 2 aliphatic heterocycles. The van der Waals surface area contributed by atoms with Gasteiger partial charge in [-0.3, -0.25) is 23.7 Å². The Morgan fingerprint density at radius 3 is 2.52 bits per heavy atom. The first-order valence-electron chi connectivity index (χ1n) is 22.8. The molecule has 354 valence electrons. The smallest absolute Gasteiger partial charge is 0.408 e. The molecular weight excluding hydrogens is 867 g/mol. The summed E-state index contributed by atoms with van der Waals surface area (Å²) in [6, 6.07) is 12.4. The van der Waals surface area contributed by atoms with Crippen LogP contribution >= 0.6 is 11.3 Å². The third kappa shape index (κ3) is 9.96. The third-order valence-electron chi connectivity index (χ3n) is 12.9. The number of rotatable bonds is 10. The lowest BCUT2D eigenvalue weighted by molar-refractivity contribution is -0.141. The van der Waals surface area contributed by atoms with E-state index in [4.69, 9.17) is 19.4 Å². The number of hydrogen-bond donors (Lipinski definition) is 3. The summed E-state index contributed by atoms with van der Waals surface area (Å²) < 4.78 is 42.2. The predicted molar refractivity (Wildman–Crippen MR) is 255 cm³/mol. The number of sulfonamides is 1. The highest BCUT2D eigenvalue weighted by molar-refractivity contribution is 7.91. The molecule has 15 nitrogen and oxygen atoms in total. The zero-order chi connectivity index (χ0) is 46.5. The predicted octanol–water partition coefficient (Wildman–Crippen LogP) is 8.01. The lowest BCUT2D eigenvalue weighted by Gasteiger charge is -2.30. The van der Waals surface area contributed by atoms with E-state index in [0.717, 1.165) is 34.6 Å². The van der Waals surface area contributed by atoms with Crippen LogP contribution in [0.1, 0.15) is 126 Å². The number of ether oxygens (including phenoxy) is 2. The third-order valence-corrected chi connectivity index (χ3v) is 16.0. The minimum absolute atomic E-state index is 0. The van der Waals surface area contributed by atoms with Crippen LogP contribution in [0.3, 0.4) is 0 Å². The molecular formula is C48H67N7O8S2. The van der Waals surface area contributed by atoms with Crippen molar-refractivity contribution in [2.24, 2.45) is 5.92 Å². The SMILES string of the molecule is Cc1ccc(Cc2csc(-c3cccc4c3nc(O[C@@H]3C[C@H]5C(=O)N[C@]6(C(=O)NS(=O)(=O)C7(C)CC7)C[C@H]6/C=C\CCCCC[C@H](NC(=O)OC(C)(C)C)C(=O)N5C3)n4C(C)C)n2)cc1.[HH].[HH].[HH]. The molecule has 4 aromatic rings. The summed E-state index contributed by atoms with van der Waals surface area (Å²) >= 11 is 1.55. The number of alkyl carbamates (subject to hydrolysis) is 1. The number of fused-ring (bicyclic) bond motifs is 3. The van der Waals surface area contributed by atoms with E-state index in [1.54, 1.807) is 39.0 Å². The van der Waals surface area contributed by atoms with Crippen LogP contribution in [0, 0.1) is 12.8 Å². The van der Waals surface area contributed by atoms with E-state index in [0.29, 0.717) is 50.1 Å². The maximum Gasteiger partial charge on any atom is 0.408 e. The summed E-state index contributed by atoms with van der Waals surface area (Å²) in [5.41, 5.74) is 3.36. The van der Waals surface area contributed by atoms with Gasteiger partial charge in [-0.15, -0.1) is 11.3 Å². The Bertz CT molecular complexity index is 2630. The molecule has 2 aromatic heterocycles. The van der Waals surface area contributed by atoms with Crippen molar-refractivity contribution in [2.45, 2.75) is 153 Å². The van der Waals surface area contributed by atoms with Crippen molar-refractivity contribution in [1.29, 1.82) is 0 Å². The van der Waals surface area contributed by atoms with Crippen molar-refractivity contribution < 1.29 is 41.3 Å². The van der Waals surface area contributed by atoms with Crippen molar-refractivity contribution in [3.63, 3.8) is 0 Å². The van der Waals surface area contributed by atoms with Crippen molar-refractivity contribution in [3.8, 4) is 16.6 Å². The second-order valence-corrected chi connectivity index (χ2v) is 22.8. The molecule has 17 heteroatoms. The van der Waals surface area contributed by atoms with Gasteiger partial charge in [-0.05, 0) is 105 Å². The Morgan fingerprint density at radius 2 is 1.82 bits per heavy atom. The molecule has 4 amide bonds. The van der Waals surface area contributed by atoms with Gasteiger partial charge in [0, 0.05) is 40.0 Å². The fourth-order valence-electron chi connectivity index (χ4n) is 8.82. The molecule has 2 aliphatic carbocycles. The Labute approximate surface area is 389 Å². The van der Waals surface area contributed by atoms with Crippen LogP contribution in [0.15, 0.2) is 60.0 Å². The molecule has 0 bridgehead atoms. The number of amides is 4. The van der Waals surface area contributed by atoms with Crippen LogP contribution in [0.2, 0.25) is 0 Å². The van der Waals surface area contributed by atoms with Gasteiger partial charge in [-0.1, -0.05) is 60.9 Å². The van der Waals surface area contributed by atoms with Crippen LogP contribution in [-0.4, -0.2) is 92.3 Å². The van der Waals surface area contributed by atoms with Crippen LogP contribution < -0.4 is 20.1 Å². The fraction of sp³-hybridized carbons (Fsp3) is 0.542. The Kier molecular flexibility index (Phi) is 12.7. The molecule has 3 fully saturated rings. The second kappa shape index (κ2) is 17.8. The van der Waals surface area contributed by atoms with Crippen LogP contribution in [0.5, 0.6) is 6.01 Å². The normalized spacial score (nSPS) is 25.1. The molecule has 4 heterocycles. The number of benzene rings is 2. The molecule has 65 heavy (non-hydrogen) atoms. The highest BCUT2D eigenvalue weighted by Gasteiger charge is 2.63. The number of aromatic nitrogens is 3. The standard InChI is InChI=1S/C48H61N7O8S2.3H2/c1-29(2)55-37-17-13-15-35(41-49-33(28-64-41)24-31-20-18-30(3)19-21-31)39(37)51-44(55)62-34-25-38-40(56)52-48(43(58)53-65(60,61)47(7)22-23-47)26-32(48)14-11-9-8-10-12-16-36(42(57)54(38)27-34)50-45(59)63-46(4,5)6;;;/h11,13-15,17-21,28-29,32,34,36,38H,8-10,12,16,22-27H2,1-7H3,(H,50,59)(H,52,56)(H,53,58);3*1H/b14-11-;;;/t32-,34-,36+,38+,48-;;;/m1.../s1. The molecule has 2 aromatic carbocycles. The quantitative estimate of drug-likeness (QED) is 0.131. The minimum Gasteiger partial charge on any atom is -0.459 e. The van der Waals surface area contributed by atoms with Gasteiger partial charge in [0.05, 0.1) is 22.5 Å². The number of allylic oxidation sites excluding steroid dienone is 1. The van der Waals surface area contributed by atoms with Gasteiger partial charge in [0.15, 0.2) is 0 Å².